The molecule has 1 heterocycles. The Morgan fingerprint density at radius 3 is 2.34 bits per heavy atom. The molecular formula is C33H30F3N3O2. The fraction of sp³-hybridized carbons (Fsp3) is 0.242. The molecule has 0 bridgehead atoms. The van der Waals surface area contributed by atoms with E-state index in [0.29, 0.717) is 33.6 Å². The third kappa shape index (κ3) is 6.82. The fourth-order valence-electron chi connectivity index (χ4n) is 5.23. The van der Waals surface area contributed by atoms with Crippen LogP contribution in [0.4, 0.5) is 13.2 Å². The molecule has 0 aliphatic heterocycles. The molecule has 5 nitrogen and oxygen atoms in total. The van der Waals surface area contributed by atoms with E-state index in [4.69, 9.17) is 4.52 Å². The molecule has 0 amide bonds. The minimum Gasteiger partial charge on any atom is -0.356 e. The van der Waals surface area contributed by atoms with Gasteiger partial charge in [0, 0.05) is 23.9 Å². The first-order valence-corrected chi connectivity index (χ1v) is 13.5. The number of fused-ring (bicyclic) bond motifs is 1. The smallest absolute Gasteiger partial charge is 0.174 e. The molecule has 0 spiro atoms. The summed E-state index contributed by atoms with van der Waals surface area (Å²) in [7, 11) is 1.74. The molecule has 1 fully saturated rings. The Morgan fingerprint density at radius 2 is 1.63 bits per heavy atom. The first-order chi connectivity index (χ1) is 19.8. The molecular weight excluding hydrogens is 527 g/mol. The average Bonchev–Trinajstić information content (AvgIpc) is 3.23. The Balaban J connectivity index is 1.30. The highest BCUT2D eigenvalue weighted by Gasteiger charge is 2.23. The summed E-state index contributed by atoms with van der Waals surface area (Å²) in [6, 6.07) is 16.1. The summed E-state index contributed by atoms with van der Waals surface area (Å²) in [6.07, 6.45) is 5.75. The number of aliphatic imine (C=N–C) groups is 1. The van der Waals surface area contributed by atoms with Crippen LogP contribution in [0.5, 0.6) is 0 Å². The van der Waals surface area contributed by atoms with Gasteiger partial charge < -0.3 is 9.42 Å². The van der Waals surface area contributed by atoms with E-state index in [2.05, 4.69) is 16.7 Å². The Bertz CT molecular complexity index is 1620. The van der Waals surface area contributed by atoms with Gasteiger partial charge in [0.2, 0.25) is 0 Å². The number of allylic oxidation sites excluding steroid dienone is 1. The number of ketones is 1. The van der Waals surface area contributed by atoms with E-state index in [0.717, 1.165) is 43.4 Å². The molecule has 0 saturated heterocycles. The van der Waals surface area contributed by atoms with Gasteiger partial charge >= 0.3 is 0 Å². The lowest BCUT2D eigenvalue weighted by atomic mass is 9.94. The van der Waals surface area contributed by atoms with Gasteiger partial charge in [-0.05, 0) is 110 Å². The number of aromatic nitrogens is 1. The lowest BCUT2D eigenvalue weighted by Gasteiger charge is -2.21. The van der Waals surface area contributed by atoms with E-state index in [9.17, 15) is 18.0 Å². The molecule has 0 N–H and O–H groups in total. The van der Waals surface area contributed by atoms with Crippen molar-refractivity contribution in [2.75, 3.05) is 13.6 Å². The lowest BCUT2D eigenvalue weighted by molar-refractivity contribution is -0.114. The highest BCUT2D eigenvalue weighted by molar-refractivity contribution is 6.04. The number of rotatable bonds is 7. The van der Waals surface area contributed by atoms with Crippen molar-refractivity contribution >= 4 is 28.3 Å². The van der Waals surface area contributed by atoms with E-state index in [1.807, 2.05) is 0 Å². The second kappa shape index (κ2) is 12.4. The molecule has 1 saturated carbocycles. The number of nitrogens with zero attached hydrogens (tertiary/aromatic N) is 3. The number of carbonyl (C=O) groups is 1. The van der Waals surface area contributed by atoms with Gasteiger partial charge in [-0.1, -0.05) is 17.3 Å². The van der Waals surface area contributed by atoms with Crippen molar-refractivity contribution in [3.63, 3.8) is 0 Å². The van der Waals surface area contributed by atoms with Crippen molar-refractivity contribution in [3.8, 4) is 0 Å². The number of halogens is 3. The molecule has 4 aromatic rings. The quantitative estimate of drug-likeness (QED) is 0.101. The van der Waals surface area contributed by atoms with Crippen LogP contribution < -0.4 is 0 Å². The van der Waals surface area contributed by atoms with Crippen LogP contribution in [0.3, 0.4) is 0 Å². The van der Waals surface area contributed by atoms with E-state index >= 15 is 0 Å². The largest absolute Gasteiger partial charge is 0.356 e. The van der Waals surface area contributed by atoms with Gasteiger partial charge in [-0.2, -0.15) is 0 Å². The van der Waals surface area contributed by atoms with Gasteiger partial charge in [0.1, 0.15) is 23.3 Å². The van der Waals surface area contributed by atoms with E-state index in [1.165, 1.54) is 36.4 Å². The average molecular weight is 558 g/mol. The molecule has 210 valence electrons. The zero-order valence-corrected chi connectivity index (χ0v) is 22.7. The van der Waals surface area contributed by atoms with Gasteiger partial charge in [0.15, 0.2) is 11.4 Å². The van der Waals surface area contributed by atoms with Crippen molar-refractivity contribution in [1.82, 2.24) is 10.1 Å². The number of hydrogen-bond donors (Lipinski definition) is 0. The molecule has 1 aliphatic rings. The summed E-state index contributed by atoms with van der Waals surface area (Å²) in [5.74, 6) is -0.598. The highest BCUT2D eigenvalue weighted by Crippen LogP contribution is 2.36. The number of hydrogen-bond acceptors (Lipinski definition) is 4. The van der Waals surface area contributed by atoms with Crippen molar-refractivity contribution in [1.29, 1.82) is 0 Å². The van der Waals surface area contributed by atoms with Crippen molar-refractivity contribution < 1.29 is 22.5 Å². The molecule has 1 unspecified atom stereocenters. The standard InChI is InChI=1S/C33H30F3N3O2/c1-21(23-8-12-26(34)13-9-23)37-33(25-10-14-27(35)15-11-25)39(2)20-29(40)18-22-4-3-5-24(7-6-22)32-30-19-28(36)16-17-31(30)41-38-32/h8-19,24H,1,3-7,20H2,2H3/b22-18-,37-33?. The maximum atomic E-state index is 13.8. The number of benzene rings is 3. The lowest BCUT2D eigenvalue weighted by Crippen LogP contribution is -2.32. The molecule has 0 radical (unpaired) electrons. The van der Waals surface area contributed by atoms with Crippen LogP contribution in [0.1, 0.15) is 54.8 Å². The highest BCUT2D eigenvalue weighted by atomic mass is 19.1. The van der Waals surface area contributed by atoms with Crippen molar-refractivity contribution in [3.05, 3.63) is 119 Å². The molecule has 1 atom stereocenters. The predicted molar refractivity (Wildman–Crippen MR) is 154 cm³/mol. The van der Waals surface area contributed by atoms with Crippen LogP contribution >= 0.6 is 0 Å². The fourth-order valence-corrected chi connectivity index (χ4v) is 5.23. The van der Waals surface area contributed by atoms with Gasteiger partial charge in [0.25, 0.3) is 0 Å². The summed E-state index contributed by atoms with van der Waals surface area (Å²) in [5.41, 5.74) is 4.03. The minimum atomic E-state index is -0.385. The zero-order chi connectivity index (χ0) is 28.9. The number of amidine groups is 1. The molecule has 1 aromatic heterocycles. The van der Waals surface area contributed by atoms with E-state index in [-0.39, 0.29) is 35.7 Å². The molecule has 3 aromatic carbocycles. The Hall–Kier alpha value is -4.46. The van der Waals surface area contributed by atoms with Crippen molar-refractivity contribution in [2.24, 2.45) is 4.99 Å². The predicted octanol–water partition coefficient (Wildman–Crippen LogP) is 7.84. The van der Waals surface area contributed by atoms with Gasteiger partial charge in [-0.3, -0.25) is 4.79 Å². The molecule has 8 heteroatoms. The third-order valence-corrected chi connectivity index (χ3v) is 7.35. The van der Waals surface area contributed by atoms with Crippen LogP contribution in [-0.4, -0.2) is 35.3 Å². The number of carbonyl (C=O) groups excluding carboxylic acids is 1. The maximum Gasteiger partial charge on any atom is 0.174 e. The normalized spacial score (nSPS) is 17.0. The maximum absolute atomic E-state index is 13.8. The summed E-state index contributed by atoms with van der Waals surface area (Å²) in [4.78, 5) is 19.5. The first-order valence-electron chi connectivity index (χ1n) is 13.5. The van der Waals surface area contributed by atoms with Crippen molar-refractivity contribution in [2.45, 2.75) is 38.0 Å². The Labute approximate surface area is 236 Å². The number of likely N-dealkylation sites (N-methyl/N-ethyl adjacent to an activating group) is 1. The van der Waals surface area contributed by atoms with Crippen LogP contribution in [0.25, 0.3) is 16.7 Å². The summed E-state index contributed by atoms with van der Waals surface area (Å²) < 4.78 is 46.3. The first kappa shape index (κ1) is 28.1. The third-order valence-electron chi connectivity index (χ3n) is 7.35. The second-order valence-corrected chi connectivity index (χ2v) is 10.4. The summed E-state index contributed by atoms with van der Waals surface area (Å²) >= 11 is 0. The van der Waals surface area contributed by atoms with Gasteiger partial charge in [-0.15, -0.1) is 0 Å². The monoisotopic (exact) mass is 557 g/mol. The van der Waals surface area contributed by atoms with Crippen LogP contribution in [0.15, 0.2) is 94.5 Å². The molecule has 41 heavy (non-hydrogen) atoms. The van der Waals surface area contributed by atoms with Crippen LogP contribution in [0.2, 0.25) is 0 Å². The molecule has 5 rings (SSSR count). The SMILES string of the molecule is C=C(N=C(c1ccc(F)cc1)N(C)CC(=O)/C=C1/CCCC(c2noc3ccc(F)cc23)CC1)c1ccc(F)cc1. The zero-order valence-electron chi connectivity index (χ0n) is 22.7. The summed E-state index contributed by atoms with van der Waals surface area (Å²) in [5, 5.41) is 4.94. The second-order valence-electron chi connectivity index (χ2n) is 10.4. The summed E-state index contributed by atoms with van der Waals surface area (Å²) in [6.45, 7) is 4.06. The van der Waals surface area contributed by atoms with Crippen LogP contribution in [0, 0.1) is 17.5 Å². The molecule has 1 aliphatic carbocycles. The Kier molecular flexibility index (Phi) is 8.47. The van der Waals surface area contributed by atoms with Gasteiger partial charge in [-0.25, -0.2) is 18.2 Å². The minimum absolute atomic E-state index is 0.0486. The van der Waals surface area contributed by atoms with E-state index < -0.39 is 0 Å². The topological polar surface area (TPSA) is 58.7 Å². The van der Waals surface area contributed by atoms with Gasteiger partial charge in [0.05, 0.1) is 17.9 Å². The van der Waals surface area contributed by atoms with E-state index in [1.54, 1.807) is 48.4 Å². The Morgan fingerprint density at radius 1 is 0.976 bits per heavy atom. The van der Waals surface area contributed by atoms with Crippen LogP contribution in [-0.2, 0) is 4.79 Å².